The summed E-state index contributed by atoms with van der Waals surface area (Å²) in [5.74, 6) is -0.418. The van der Waals surface area contributed by atoms with E-state index in [1.165, 1.54) is 12.1 Å². The summed E-state index contributed by atoms with van der Waals surface area (Å²) in [7, 11) is 1.77. The van der Waals surface area contributed by atoms with Crippen LogP contribution in [-0.4, -0.2) is 20.6 Å². The van der Waals surface area contributed by atoms with Crippen molar-refractivity contribution in [3.05, 3.63) is 51.8 Å². The van der Waals surface area contributed by atoms with E-state index in [1.807, 2.05) is 0 Å². The third-order valence-electron chi connectivity index (χ3n) is 2.69. The molecule has 0 unspecified atom stereocenters. The first-order chi connectivity index (χ1) is 9.47. The Morgan fingerprint density at radius 1 is 1.50 bits per heavy atom. The molecule has 20 heavy (non-hydrogen) atoms. The zero-order valence-electron chi connectivity index (χ0n) is 10.7. The van der Waals surface area contributed by atoms with E-state index in [-0.39, 0.29) is 23.5 Å². The van der Waals surface area contributed by atoms with E-state index in [0.717, 1.165) is 6.07 Å². The molecule has 0 atom stereocenters. The van der Waals surface area contributed by atoms with Crippen LogP contribution in [0.25, 0.3) is 0 Å². The first-order valence-electron chi connectivity index (χ1n) is 5.78. The van der Waals surface area contributed by atoms with Crippen LogP contribution in [0.4, 0.5) is 11.4 Å². The molecular weight excluding hydrogens is 262 g/mol. The highest BCUT2D eigenvalue weighted by Gasteiger charge is 2.15. The number of amides is 1. The predicted molar refractivity (Wildman–Crippen MR) is 71.9 cm³/mol. The van der Waals surface area contributed by atoms with Crippen molar-refractivity contribution in [3.63, 3.8) is 0 Å². The molecule has 0 radical (unpaired) electrons. The van der Waals surface area contributed by atoms with E-state index in [2.05, 4.69) is 10.4 Å². The topological polar surface area (TPSA) is 116 Å². The minimum Gasteiger partial charge on any atom is -0.393 e. The zero-order chi connectivity index (χ0) is 14.7. The molecule has 0 bridgehead atoms. The minimum atomic E-state index is -0.620. The molecule has 3 N–H and O–H groups in total. The summed E-state index contributed by atoms with van der Waals surface area (Å²) in [6, 6.07) is 5.71. The molecule has 0 aliphatic carbocycles. The number of carbonyl (C=O) groups is 1. The summed E-state index contributed by atoms with van der Waals surface area (Å²) < 4.78 is 1.62. The summed E-state index contributed by atoms with van der Waals surface area (Å²) in [4.78, 5) is 22.0. The SMILES string of the molecule is Cn1ccc(CNC(=O)c2ccc(N)c([N+](=O)[O-])c2)n1. The van der Waals surface area contributed by atoms with Crippen LogP contribution in [0.3, 0.4) is 0 Å². The third-order valence-corrected chi connectivity index (χ3v) is 2.69. The van der Waals surface area contributed by atoms with Crippen LogP contribution < -0.4 is 11.1 Å². The third kappa shape index (κ3) is 2.91. The lowest BCUT2D eigenvalue weighted by atomic mass is 10.1. The minimum absolute atomic E-state index is 0.0243. The number of hydrogen-bond acceptors (Lipinski definition) is 5. The maximum absolute atomic E-state index is 11.9. The molecule has 2 rings (SSSR count). The normalized spacial score (nSPS) is 10.2. The Hall–Kier alpha value is -2.90. The molecule has 8 heteroatoms. The number of nitrogens with zero attached hydrogens (tertiary/aromatic N) is 3. The lowest BCUT2D eigenvalue weighted by Crippen LogP contribution is -2.23. The Morgan fingerprint density at radius 2 is 2.25 bits per heavy atom. The first-order valence-corrected chi connectivity index (χ1v) is 5.78. The Balaban J connectivity index is 2.09. The van der Waals surface area contributed by atoms with Gasteiger partial charge in [-0.25, -0.2) is 0 Å². The van der Waals surface area contributed by atoms with E-state index in [4.69, 9.17) is 5.73 Å². The van der Waals surface area contributed by atoms with Gasteiger partial charge in [-0.2, -0.15) is 5.10 Å². The van der Waals surface area contributed by atoms with Gasteiger partial charge in [0.05, 0.1) is 17.2 Å². The van der Waals surface area contributed by atoms with Gasteiger partial charge in [0.15, 0.2) is 0 Å². The number of nitro groups is 1. The van der Waals surface area contributed by atoms with Crippen LogP contribution >= 0.6 is 0 Å². The van der Waals surface area contributed by atoms with Crippen LogP contribution in [0.15, 0.2) is 30.5 Å². The van der Waals surface area contributed by atoms with Crippen molar-refractivity contribution < 1.29 is 9.72 Å². The van der Waals surface area contributed by atoms with E-state index < -0.39 is 10.8 Å². The average molecular weight is 275 g/mol. The molecule has 1 aromatic carbocycles. The molecule has 0 saturated heterocycles. The monoisotopic (exact) mass is 275 g/mol. The number of aryl methyl sites for hydroxylation is 1. The van der Waals surface area contributed by atoms with Crippen molar-refractivity contribution in [3.8, 4) is 0 Å². The Kier molecular flexibility index (Phi) is 3.65. The second-order valence-electron chi connectivity index (χ2n) is 4.19. The van der Waals surface area contributed by atoms with E-state index >= 15 is 0 Å². The summed E-state index contributed by atoms with van der Waals surface area (Å²) in [6.07, 6.45) is 1.76. The van der Waals surface area contributed by atoms with Gasteiger partial charge >= 0.3 is 0 Å². The zero-order valence-corrected chi connectivity index (χ0v) is 10.7. The van der Waals surface area contributed by atoms with Crippen LogP contribution in [0.5, 0.6) is 0 Å². The van der Waals surface area contributed by atoms with Crippen molar-refractivity contribution in [1.29, 1.82) is 0 Å². The Morgan fingerprint density at radius 3 is 2.85 bits per heavy atom. The van der Waals surface area contributed by atoms with E-state index in [9.17, 15) is 14.9 Å². The van der Waals surface area contributed by atoms with Gasteiger partial charge in [-0.1, -0.05) is 0 Å². The quantitative estimate of drug-likeness (QED) is 0.487. The molecule has 1 heterocycles. The number of nitrogens with one attached hydrogen (secondary N) is 1. The van der Waals surface area contributed by atoms with E-state index in [1.54, 1.807) is 24.0 Å². The standard InChI is InChI=1S/C12H13N5O3/c1-16-5-4-9(15-16)7-14-12(18)8-2-3-10(13)11(6-8)17(19)20/h2-6H,7,13H2,1H3,(H,14,18). The van der Waals surface area contributed by atoms with Gasteiger partial charge < -0.3 is 11.1 Å². The Labute approximate surface area is 114 Å². The molecule has 0 spiro atoms. The average Bonchev–Trinajstić information content (AvgIpc) is 2.82. The highest BCUT2D eigenvalue weighted by Crippen LogP contribution is 2.22. The number of nitro benzene ring substituents is 1. The second kappa shape index (κ2) is 5.39. The fourth-order valence-electron chi connectivity index (χ4n) is 1.67. The van der Waals surface area contributed by atoms with Gasteiger partial charge in [0, 0.05) is 24.9 Å². The van der Waals surface area contributed by atoms with Crippen molar-refractivity contribution >= 4 is 17.3 Å². The molecule has 1 amide bonds. The van der Waals surface area contributed by atoms with Gasteiger partial charge in [0.1, 0.15) is 5.69 Å². The second-order valence-corrected chi connectivity index (χ2v) is 4.19. The van der Waals surface area contributed by atoms with Gasteiger partial charge in [-0.3, -0.25) is 19.6 Å². The molecular formula is C12H13N5O3. The highest BCUT2D eigenvalue weighted by atomic mass is 16.6. The number of nitrogens with two attached hydrogens (primary N) is 1. The molecule has 104 valence electrons. The smallest absolute Gasteiger partial charge is 0.292 e. The fourth-order valence-corrected chi connectivity index (χ4v) is 1.67. The lowest BCUT2D eigenvalue weighted by molar-refractivity contribution is -0.383. The van der Waals surface area contributed by atoms with Crippen LogP contribution in [0, 0.1) is 10.1 Å². The molecule has 0 saturated carbocycles. The maximum atomic E-state index is 11.9. The number of nitrogen functional groups attached to an aromatic ring is 1. The summed E-state index contributed by atoms with van der Waals surface area (Å²) in [6.45, 7) is 0.248. The predicted octanol–water partition coefficient (Wildman–Crippen LogP) is 0.840. The molecule has 0 aliphatic heterocycles. The van der Waals surface area contributed by atoms with Crippen molar-refractivity contribution in [2.24, 2.45) is 7.05 Å². The van der Waals surface area contributed by atoms with Crippen molar-refractivity contribution in [1.82, 2.24) is 15.1 Å². The van der Waals surface area contributed by atoms with Crippen LogP contribution in [0.2, 0.25) is 0 Å². The molecule has 0 aliphatic rings. The number of aromatic nitrogens is 2. The molecule has 8 nitrogen and oxygen atoms in total. The number of benzene rings is 1. The van der Waals surface area contributed by atoms with Crippen LogP contribution in [-0.2, 0) is 13.6 Å². The van der Waals surface area contributed by atoms with Gasteiger partial charge in [0.25, 0.3) is 11.6 Å². The molecule has 0 fully saturated rings. The largest absolute Gasteiger partial charge is 0.393 e. The van der Waals surface area contributed by atoms with Gasteiger partial charge in [0.2, 0.25) is 0 Å². The van der Waals surface area contributed by atoms with Crippen molar-refractivity contribution in [2.75, 3.05) is 5.73 Å². The van der Waals surface area contributed by atoms with Gasteiger partial charge in [-0.05, 0) is 18.2 Å². The molecule has 1 aromatic heterocycles. The first kappa shape index (κ1) is 13.5. The summed E-state index contributed by atoms with van der Waals surface area (Å²) in [5.41, 5.74) is 6.10. The van der Waals surface area contributed by atoms with Gasteiger partial charge in [-0.15, -0.1) is 0 Å². The lowest BCUT2D eigenvalue weighted by Gasteiger charge is -2.04. The van der Waals surface area contributed by atoms with Crippen LogP contribution in [0.1, 0.15) is 16.1 Å². The highest BCUT2D eigenvalue weighted by molar-refractivity contribution is 5.95. The van der Waals surface area contributed by atoms with Crippen molar-refractivity contribution in [2.45, 2.75) is 6.54 Å². The number of rotatable bonds is 4. The Bertz CT molecular complexity index is 665. The number of hydrogen-bond donors (Lipinski definition) is 2. The number of carbonyl (C=O) groups excluding carboxylic acids is 1. The maximum Gasteiger partial charge on any atom is 0.292 e. The fraction of sp³-hybridized carbons (Fsp3) is 0.167. The molecule has 2 aromatic rings. The summed E-state index contributed by atoms with van der Waals surface area (Å²) >= 11 is 0. The summed E-state index contributed by atoms with van der Waals surface area (Å²) in [5, 5.41) is 17.5. The van der Waals surface area contributed by atoms with E-state index in [0.29, 0.717) is 5.69 Å². The number of anilines is 1.